The third-order valence-electron chi connectivity index (χ3n) is 4.14. The fraction of sp³-hybridized carbons (Fsp3) is 0.588. The van der Waals surface area contributed by atoms with Gasteiger partial charge >= 0.3 is 0 Å². The third kappa shape index (κ3) is 5.64. The maximum atomic E-state index is 5.40. The molecule has 0 unspecified atom stereocenters. The van der Waals surface area contributed by atoms with E-state index in [9.17, 15) is 0 Å². The fourth-order valence-corrected chi connectivity index (χ4v) is 3.03. The number of thiocarbonyl (C=S) groups is 1. The van der Waals surface area contributed by atoms with Gasteiger partial charge in [0.15, 0.2) is 5.11 Å². The first-order valence-corrected chi connectivity index (χ1v) is 8.38. The Labute approximate surface area is 134 Å². The predicted molar refractivity (Wildman–Crippen MR) is 93.6 cm³/mol. The fourth-order valence-electron chi connectivity index (χ4n) is 2.76. The second-order valence-electron chi connectivity index (χ2n) is 6.04. The Morgan fingerprint density at radius 1 is 1.24 bits per heavy atom. The first-order chi connectivity index (χ1) is 10.1. The lowest BCUT2D eigenvalue weighted by molar-refractivity contribution is 0.167. The van der Waals surface area contributed by atoms with Crippen LogP contribution in [-0.2, 0) is 6.42 Å². The van der Waals surface area contributed by atoms with E-state index in [1.165, 1.54) is 31.5 Å². The molecule has 1 heterocycles. The van der Waals surface area contributed by atoms with Crippen molar-refractivity contribution in [2.24, 2.45) is 0 Å². The van der Waals surface area contributed by atoms with Crippen LogP contribution in [0.4, 0.5) is 0 Å². The van der Waals surface area contributed by atoms with Crippen LogP contribution >= 0.6 is 12.2 Å². The van der Waals surface area contributed by atoms with E-state index in [0.29, 0.717) is 12.1 Å². The van der Waals surface area contributed by atoms with Gasteiger partial charge in [0.1, 0.15) is 0 Å². The van der Waals surface area contributed by atoms with Crippen molar-refractivity contribution < 1.29 is 0 Å². The minimum atomic E-state index is 0.525. The van der Waals surface area contributed by atoms with E-state index in [0.717, 1.165) is 18.1 Å². The molecule has 1 aliphatic rings. The number of benzene rings is 1. The highest BCUT2D eigenvalue weighted by atomic mass is 32.1. The molecule has 2 N–H and O–H groups in total. The van der Waals surface area contributed by atoms with Crippen LogP contribution in [0.5, 0.6) is 0 Å². The van der Waals surface area contributed by atoms with Gasteiger partial charge in [-0.3, -0.25) is 0 Å². The molecule has 0 aliphatic carbocycles. The Balaban J connectivity index is 1.62. The van der Waals surface area contributed by atoms with Crippen LogP contribution in [0.3, 0.4) is 0 Å². The van der Waals surface area contributed by atoms with Gasteiger partial charge in [0.25, 0.3) is 0 Å². The summed E-state index contributed by atoms with van der Waals surface area (Å²) in [5.74, 6) is 0. The summed E-state index contributed by atoms with van der Waals surface area (Å²) < 4.78 is 0. The third-order valence-corrected chi connectivity index (χ3v) is 4.40. The monoisotopic (exact) mass is 305 g/mol. The Morgan fingerprint density at radius 2 is 1.90 bits per heavy atom. The lowest BCUT2D eigenvalue weighted by Crippen LogP contribution is -2.49. The smallest absolute Gasteiger partial charge is 0.166 e. The van der Waals surface area contributed by atoms with E-state index in [2.05, 4.69) is 53.6 Å². The highest BCUT2D eigenvalue weighted by Gasteiger charge is 2.20. The van der Waals surface area contributed by atoms with Gasteiger partial charge < -0.3 is 15.5 Å². The average Bonchev–Trinajstić information content (AvgIpc) is 2.49. The molecule has 0 atom stereocenters. The maximum Gasteiger partial charge on any atom is 0.166 e. The molecule has 0 spiro atoms. The van der Waals surface area contributed by atoms with Crippen molar-refractivity contribution >= 4 is 17.3 Å². The number of hydrogen-bond acceptors (Lipinski definition) is 2. The molecule has 1 fully saturated rings. The quantitative estimate of drug-likeness (QED) is 0.818. The molecular weight excluding hydrogens is 278 g/mol. The van der Waals surface area contributed by atoms with Crippen LogP contribution < -0.4 is 10.6 Å². The first kappa shape index (κ1) is 16.2. The lowest BCUT2D eigenvalue weighted by Gasteiger charge is -2.35. The molecule has 0 aromatic heterocycles. The van der Waals surface area contributed by atoms with Crippen molar-refractivity contribution in [3.05, 3.63) is 35.9 Å². The van der Waals surface area contributed by atoms with Crippen LogP contribution in [0.15, 0.2) is 30.3 Å². The summed E-state index contributed by atoms with van der Waals surface area (Å²) in [4.78, 5) is 2.53. The van der Waals surface area contributed by atoms with Crippen molar-refractivity contribution in [3.8, 4) is 0 Å². The zero-order valence-electron chi connectivity index (χ0n) is 13.1. The van der Waals surface area contributed by atoms with E-state index in [4.69, 9.17) is 12.2 Å². The second kappa shape index (κ2) is 8.35. The summed E-state index contributed by atoms with van der Waals surface area (Å²) in [6, 6.07) is 11.7. The number of nitrogens with one attached hydrogen (secondary N) is 2. The number of rotatable bonds is 5. The Kier molecular flexibility index (Phi) is 6.46. The number of likely N-dealkylation sites (tertiary alicyclic amines) is 1. The lowest BCUT2D eigenvalue weighted by atomic mass is 10.0. The second-order valence-corrected chi connectivity index (χ2v) is 6.45. The molecule has 1 aromatic carbocycles. The van der Waals surface area contributed by atoms with Crippen LogP contribution in [-0.4, -0.2) is 41.7 Å². The van der Waals surface area contributed by atoms with E-state index in [1.54, 1.807) is 0 Å². The minimum Gasteiger partial charge on any atom is -0.362 e. The predicted octanol–water partition coefficient (Wildman–Crippen LogP) is 2.57. The maximum absolute atomic E-state index is 5.40. The number of nitrogens with zero attached hydrogens (tertiary/aromatic N) is 1. The Morgan fingerprint density at radius 3 is 2.52 bits per heavy atom. The van der Waals surface area contributed by atoms with Crippen molar-refractivity contribution in [2.45, 2.75) is 45.2 Å². The summed E-state index contributed by atoms with van der Waals surface area (Å²) in [7, 11) is 0. The van der Waals surface area contributed by atoms with Crippen molar-refractivity contribution in [1.29, 1.82) is 0 Å². The molecule has 2 rings (SSSR count). The van der Waals surface area contributed by atoms with Gasteiger partial charge in [-0.2, -0.15) is 0 Å². The summed E-state index contributed by atoms with van der Waals surface area (Å²) in [5, 5.41) is 7.58. The standard InChI is InChI=1S/C17H27N3S/c1-14(2)20-12-9-16(10-13-20)19-17(21)18-11-8-15-6-4-3-5-7-15/h3-7,14,16H,8-13H2,1-2H3,(H2,18,19,21). The van der Waals surface area contributed by atoms with E-state index < -0.39 is 0 Å². The normalized spacial score (nSPS) is 16.9. The number of piperidine rings is 1. The summed E-state index contributed by atoms with van der Waals surface area (Å²) in [6.45, 7) is 7.76. The molecule has 0 saturated carbocycles. The summed E-state index contributed by atoms with van der Waals surface area (Å²) in [5.41, 5.74) is 1.35. The average molecular weight is 305 g/mol. The highest BCUT2D eigenvalue weighted by Crippen LogP contribution is 2.12. The number of hydrogen-bond donors (Lipinski definition) is 2. The molecule has 1 saturated heterocycles. The van der Waals surface area contributed by atoms with Crippen LogP contribution in [0.2, 0.25) is 0 Å². The minimum absolute atomic E-state index is 0.525. The van der Waals surface area contributed by atoms with Gasteiger partial charge in [-0.25, -0.2) is 0 Å². The molecule has 3 nitrogen and oxygen atoms in total. The van der Waals surface area contributed by atoms with Gasteiger partial charge in [-0.15, -0.1) is 0 Å². The molecule has 1 aliphatic heterocycles. The molecule has 1 aromatic rings. The zero-order valence-corrected chi connectivity index (χ0v) is 14.0. The molecule has 116 valence electrons. The molecule has 21 heavy (non-hydrogen) atoms. The highest BCUT2D eigenvalue weighted by molar-refractivity contribution is 7.80. The van der Waals surface area contributed by atoms with Gasteiger partial charge in [0.2, 0.25) is 0 Å². The van der Waals surface area contributed by atoms with E-state index in [1.807, 2.05) is 6.07 Å². The van der Waals surface area contributed by atoms with Gasteiger partial charge in [-0.1, -0.05) is 30.3 Å². The van der Waals surface area contributed by atoms with Gasteiger partial charge in [-0.05, 0) is 50.9 Å². The van der Waals surface area contributed by atoms with Crippen molar-refractivity contribution in [2.75, 3.05) is 19.6 Å². The molecule has 0 bridgehead atoms. The Hall–Kier alpha value is -1.13. The molecule has 4 heteroatoms. The van der Waals surface area contributed by atoms with Crippen LogP contribution in [0.1, 0.15) is 32.3 Å². The van der Waals surface area contributed by atoms with Crippen molar-refractivity contribution in [1.82, 2.24) is 15.5 Å². The molecule has 0 amide bonds. The van der Waals surface area contributed by atoms with E-state index >= 15 is 0 Å². The summed E-state index contributed by atoms with van der Waals surface area (Å²) >= 11 is 5.40. The largest absolute Gasteiger partial charge is 0.362 e. The SMILES string of the molecule is CC(C)N1CCC(NC(=S)NCCc2ccccc2)CC1. The Bertz CT molecular complexity index is 425. The summed E-state index contributed by atoms with van der Waals surface area (Å²) in [6.07, 6.45) is 3.37. The molecular formula is C17H27N3S. The first-order valence-electron chi connectivity index (χ1n) is 7.97. The topological polar surface area (TPSA) is 27.3 Å². The van der Waals surface area contributed by atoms with E-state index in [-0.39, 0.29) is 0 Å². The van der Waals surface area contributed by atoms with Gasteiger partial charge in [0, 0.05) is 31.7 Å². The van der Waals surface area contributed by atoms with Crippen LogP contribution in [0, 0.1) is 0 Å². The van der Waals surface area contributed by atoms with Gasteiger partial charge in [0.05, 0.1) is 0 Å². The van der Waals surface area contributed by atoms with Crippen LogP contribution in [0.25, 0.3) is 0 Å². The zero-order chi connectivity index (χ0) is 15.1. The van der Waals surface area contributed by atoms with Crippen molar-refractivity contribution in [3.63, 3.8) is 0 Å². The molecule has 0 radical (unpaired) electrons.